The summed E-state index contributed by atoms with van der Waals surface area (Å²) in [4.78, 5) is 20.7. The van der Waals surface area contributed by atoms with E-state index >= 15 is 0 Å². The van der Waals surface area contributed by atoms with Gasteiger partial charge in [-0.1, -0.05) is 17.7 Å². The Kier molecular flexibility index (Phi) is 4.91. The van der Waals surface area contributed by atoms with Gasteiger partial charge in [0, 0.05) is 16.3 Å². The van der Waals surface area contributed by atoms with Crippen LogP contribution < -0.4 is 5.32 Å². The largest absolute Gasteiger partial charge is 0.444 e. The van der Waals surface area contributed by atoms with Gasteiger partial charge in [0.05, 0.1) is 24.4 Å². The Morgan fingerprint density at radius 1 is 1.12 bits per heavy atom. The lowest BCUT2D eigenvalue weighted by Crippen LogP contribution is -2.25. The predicted octanol–water partition coefficient (Wildman–Crippen LogP) is 3.56. The van der Waals surface area contributed by atoms with E-state index in [4.69, 9.17) is 16.0 Å². The fourth-order valence-corrected chi connectivity index (χ4v) is 2.35. The first-order valence-corrected chi connectivity index (χ1v) is 7.87. The lowest BCUT2D eigenvalue weighted by molar-refractivity contribution is -0.120. The molecule has 3 rings (SSSR count). The van der Waals surface area contributed by atoms with Crippen molar-refractivity contribution >= 4 is 17.5 Å². The fourth-order valence-electron chi connectivity index (χ4n) is 2.23. The number of halogens is 1. The van der Waals surface area contributed by atoms with Crippen LogP contribution >= 0.6 is 11.6 Å². The summed E-state index contributed by atoms with van der Waals surface area (Å²) in [5.41, 5.74) is 3.14. The lowest BCUT2D eigenvalue weighted by atomic mass is 10.2. The van der Waals surface area contributed by atoms with E-state index in [1.165, 1.54) is 6.26 Å². The number of nitrogens with one attached hydrogen (secondary N) is 1. The summed E-state index contributed by atoms with van der Waals surface area (Å²) in [6.07, 6.45) is 1.65. The maximum Gasteiger partial charge on any atom is 0.226 e. The van der Waals surface area contributed by atoms with Crippen molar-refractivity contribution in [2.75, 3.05) is 0 Å². The fraction of sp³-hybridized carbons (Fsp3) is 0.167. The number of oxazole rings is 1. The minimum Gasteiger partial charge on any atom is -0.444 e. The van der Waals surface area contributed by atoms with Crippen LogP contribution in [-0.4, -0.2) is 15.9 Å². The van der Waals surface area contributed by atoms with Crippen molar-refractivity contribution < 1.29 is 9.21 Å². The van der Waals surface area contributed by atoms with E-state index in [1.807, 2.05) is 37.3 Å². The number of aromatic nitrogens is 2. The monoisotopic (exact) mass is 341 g/mol. The molecule has 0 fully saturated rings. The average molecular weight is 342 g/mol. The first kappa shape index (κ1) is 16.2. The molecule has 2 aromatic heterocycles. The lowest BCUT2D eigenvalue weighted by Gasteiger charge is -2.04. The van der Waals surface area contributed by atoms with Crippen LogP contribution in [0.4, 0.5) is 0 Å². The minimum atomic E-state index is -0.130. The highest BCUT2D eigenvalue weighted by Crippen LogP contribution is 2.21. The molecule has 122 valence electrons. The smallest absolute Gasteiger partial charge is 0.226 e. The van der Waals surface area contributed by atoms with Crippen molar-refractivity contribution in [1.29, 1.82) is 0 Å². The molecule has 1 amide bonds. The van der Waals surface area contributed by atoms with Gasteiger partial charge in [0.1, 0.15) is 6.26 Å². The topological polar surface area (TPSA) is 68.0 Å². The Bertz CT molecular complexity index is 843. The van der Waals surface area contributed by atoms with Crippen LogP contribution in [0.1, 0.15) is 17.1 Å². The van der Waals surface area contributed by atoms with Gasteiger partial charge in [-0.15, -0.1) is 0 Å². The van der Waals surface area contributed by atoms with E-state index in [1.54, 1.807) is 12.1 Å². The Morgan fingerprint density at radius 2 is 1.92 bits per heavy atom. The summed E-state index contributed by atoms with van der Waals surface area (Å²) in [7, 11) is 0. The van der Waals surface area contributed by atoms with E-state index in [0.29, 0.717) is 23.2 Å². The predicted molar refractivity (Wildman–Crippen MR) is 91.5 cm³/mol. The highest BCUT2D eigenvalue weighted by atomic mass is 35.5. The molecule has 0 atom stereocenters. The number of nitrogens with zero attached hydrogens (tertiary/aromatic N) is 2. The Morgan fingerprint density at radius 3 is 2.67 bits per heavy atom. The molecule has 0 saturated heterocycles. The van der Waals surface area contributed by atoms with Gasteiger partial charge >= 0.3 is 0 Å². The van der Waals surface area contributed by atoms with Gasteiger partial charge in [0.25, 0.3) is 0 Å². The second-order valence-corrected chi connectivity index (χ2v) is 5.81. The molecule has 24 heavy (non-hydrogen) atoms. The Hall–Kier alpha value is -2.66. The van der Waals surface area contributed by atoms with E-state index < -0.39 is 0 Å². The second kappa shape index (κ2) is 7.27. The van der Waals surface area contributed by atoms with Crippen LogP contribution in [0.5, 0.6) is 0 Å². The summed E-state index contributed by atoms with van der Waals surface area (Å²) in [5.74, 6) is 0.337. The van der Waals surface area contributed by atoms with Gasteiger partial charge in [-0.2, -0.15) is 0 Å². The number of hydrogen-bond acceptors (Lipinski definition) is 4. The third-order valence-corrected chi connectivity index (χ3v) is 3.65. The van der Waals surface area contributed by atoms with Crippen molar-refractivity contribution in [2.45, 2.75) is 19.9 Å². The normalized spacial score (nSPS) is 10.6. The maximum atomic E-state index is 12.0. The minimum absolute atomic E-state index is 0.130. The molecule has 2 heterocycles. The van der Waals surface area contributed by atoms with Crippen LogP contribution in [0, 0.1) is 6.92 Å². The molecular formula is C18H16ClN3O2. The molecule has 0 bridgehead atoms. The molecule has 0 aliphatic heterocycles. The molecule has 3 aromatic rings. The Balaban J connectivity index is 1.58. The second-order valence-electron chi connectivity index (χ2n) is 5.37. The Labute approximate surface area is 144 Å². The molecule has 6 heteroatoms. The summed E-state index contributed by atoms with van der Waals surface area (Å²) in [5, 5.41) is 3.48. The van der Waals surface area contributed by atoms with Crippen LogP contribution in [-0.2, 0) is 17.8 Å². The average Bonchev–Trinajstić information content (AvgIpc) is 3.02. The summed E-state index contributed by atoms with van der Waals surface area (Å²) in [6, 6.07) is 12.9. The number of carbonyl (C=O) groups excluding carboxylic acids is 1. The zero-order valence-corrected chi connectivity index (χ0v) is 13.9. The quantitative estimate of drug-likeness (QED) is 0.770. The molecule has 0 radical (unpaired) electrons. The third-order valence-electron chi connectivity index (χ3n) is 3.40. The van der Waals surface area contributed by atoms with Gasteiger partial charge in [-0.05, 0) is 43.3 Å². The van der Waals surface area contributed by atoms with Crippen LogP contribution in [0.15, 0.2) is 53.1 Å². The highest BCUT2D eigenvalue weighted by molar-refractivity contribution is 6.30. The van der Waals surface area contributed by atoms with Crippen molar-refractivity contribution in [1.82, 2.24) is 15.3 Å². The number of amides is 1. The van der Waals surface area contributed by atoms with Crippen molar-refractivity contribution in [2.24, 2.45) is 0 Å². The summed E-state index contributed by atoms with van der Waals surface area (Å²) in [6.45, 7) is 2.31. The molecule has 0 unspecified atom stereocenters. The van der Waals surface area contributed by atoms with Gasteiger partial charge in [-0.25, -0.2) is 4.98 Å². The van der Waals surface area contributed by atoms with Crippen LogP contribution in [0.2, 0.25) is 5.02 Å². The summed E-state index contributed by atoms with van der Waals surface area (Å²) >= 11 is 5.86. The standard InChI is InChI=1S/C18H16ClN3O2/c1-12-3-2-4-15(21-12)10-20-17(23)9-16-11-24-18(22-16)13-5-7-14(19)8-6-13/h2-8,11H,9-10H2,1H3,(H,20,23). The van der Waals surface area contributed by atoms with Gasteiger partial charge < -0.3 is 9.73 Å². The molecule has 0 spiro atoms. The zero-order valence-electron chi connectivity index (χ0n) is 13.1. The van der Waals surface area contributed by atoms with E-state index in [2.05, 4.69) is 15.3 Å². The van der Waals surface area contributed by atoms with Crippen molar-refractivity contribution in [3.63, 3.8) is 0 Å². The first-order valence-electron chi connectivity index (χ1n) is 7.50. The summed E-state index contributed by atoms with van der Waals surface area (Å²) < 4.78 is 5.42. The molecular weight excluding hydrogens is 326 g/mol. The first-order chi connectivity index (χ1) is 11.6. The molecule has 0 aliphatic rings. The number of benzene rings is 1. The molecule has 5 nitrogen and oxygen atoms in total. The highest BCUT2D eigenvalue weighted by Gasteiger charge is 2.10. The molecule has 0 saturated carbocycles. The SMILES string of the molecule is Cc1cccc(CNC(=O)Cc2coc(-c3ccc(Cl)cc3)n2)n1. The van der Waals surface area contributed by atoms with Crippen LogP contribution in [0.25, 0.3) is 11.5 Å². The van der Waals surface area contributed by atoms with E-state index in [0.717, 1.165) is 17.0 Å². The number of aryl methyl sites for hydroxylation is 1. The third kappa shape index (κ3) is 4.20. The number of pyridine rings is 1. The van der Waals surface area contributed by atoms with Gasteiger partial charge in [0.15, 0.2) is 0 Å². The number of rotatable bonds is 5. The maximum absolute atomic E-state index is 12.0. The van der Waals surface area contributed by atoms with E-state index in [9.17, 15) is 4.79 Å². The number of hydrogen-bond donors (Lipinski definition) is 1. The number of carbonyl (C=O) groups is 1. The molecule has 1 N–H and O–H groups in total. The van der Waals surface area contributed by atoms with Crippen LogP contribution in [0.3, 0.4) is 0 Å². The molecule has 0 aliphatic carbocycles. The van der Waals surface area contributed by atoms with Crippen molar-refractivity contribution in [3.8, 4) is 11.5 Å². The van der Waals surface area contributed by atoms with Crippen molar-refractivity contribution in [3.05, 3.63) is 70.8 Å². The molecule has 1 aromatic carbocycles. The van der Waals surface area contributed by atoms with E-state index in [-0.39, 0.29) is 12.3 Å². The van der Waals surface area contributed by atoms with Gasteiger partial charge in [-0.3, -0.25) is 9.78 Å². The van der Waals surface area contributed by atoms with Gasteiger partial charge in [0.2, 0.25) is 11.8 Å². The zero-order chi connectivity index (χ0) is 16.9.